The van der Waals surface area contributed by atoms with Gasteiger partial charge in [0.2, 0.25) is 5.91 Å². The summed E-state index contributed by atoms with van der Waals surface area (Å²) in [4.78, 5) is 15.9. The van der Waals surface area contributed by atoms with Crippen LogP contribution in [0.5, 0.6) is 0 Å². The number of benzene rings is 2. The maximum absolute atomic E-state index is 12.8. The number of amides is 1. The molecule has 0 saturated heterocycles. The Morgan fingerprint density at radius 1 is 1.00 bits per heavy atom. The molecule has 4 nitrogen and oxygen atoms in total. The Balaban J connectivity index is 1.97. The van der Waals surface area contributed by atoms with Gasteiger partial charge in [-0.2, -0.15) is 13.2 Å². The zero-order chi connectivity index (χ0) is 20.1. The van der Waals surface area contributed by atoms with Crippen molar-refractivity contribution in [1.82, 2.24) is 4.98 Å². The van der Waals surface area contributed by atoms with Crippen LogP contribution in [-0.4, -0.2) is 10.9 Å². The van der Waals surface area contributed by atoms with Crippen molar-refractivity contribution in [2.24, 2.45) is 0 Å². The molecule has 2 aromatic carbocycles. The van der Waals surface area contributed by atoms with Crippen LogP contribution in [0.25, 0.3) is 11.3 Å². The minimum atomic E-state index is -4.40. The van der Waals surface area contributed by atoms with E-state index in [0.717, 1.165) is 23.8 Å². The number of carbonyl (C=O) groups is 1. The molecule has 0 fully saturated rings. The van der Waals surface area contributed by atoms with Gasteiger partial charge in [0.1, 0.15) is 0 Å². The number of halogens is 3. The van der Waals surface area contributed by atoms with Crippen LogP contribution in [0.15, 0.2) is 79.5 Å². The number of nitrogens with zero attached hydrogens (tertiary/aromatic N) is 1. The third-order valence-electron chi connectivity index (χ3n) is 3.90. The summed E-state index contributed by atoms with van der Waals surface area (Å²) in [6.45, 7) is 3.41. The van der Waals surface area contributed by atoms with E-state index in [1.54, 1.807) is 30.5 Å². The van der Waals surface area contributed by atoms with Gasteiger partial charge < -0.3 is 10.6 Å². The highest BCUT2D eigenvalue weighted by atomic mass is 19.4. The van der Waals surface area contributed by atoms with Crippen molar-refractivity contribution in [3.05, 3.63) is 85.1 Å². The van der Waals surface area contributed by atoms with Crippen LogP contribution in [0.4, 0.5) is 30.2 Å². The van der Waals surface area contributed by atoms with E-state index < -0.39 is 11.7 Å². The molecule has 28 heavy (non-hydrogen) atoms. The molecule has 142 valence electrons. The largest absolute Gasteiger partial charge is 0.416 e. The Labute approximate surface area is 159 Å². The van der Waals surface area contributed by atoms with Crippen LogP contribution >= 0.6 is 0 Å². The molecule has 2 N–H and O–H groups in total. The summed E-state index contributed by atoms with van der Waals surface area (Å²) in [6.07, 6.45) is -1.60. The van der Waals surface area contributed by atoms with Gasteiger partial charge in [0.25, 0.3) is 0 Å². The molecule has 3 aromatic rings. The van der Waals surface area contributed by atoms with Gasteiger partial charge in [-0.05, 0) is 60.7 Å². The van der Waals surface area contributed by atoms with Crippen LogP contribution in [0, 0.1) is 0 Å². The SMILES string of the molecule is C=CC(=O)Nc1ccc(-c2ccccn2)c(Nc2ccc(C(F)(F)F)cc2)c1. The monoisotopic (exact) mass is 383 g/mol. The number of nitrogens with one attached hydrogen (secondary N) is 2. The zero-order valence-corrected chi connectivity index (χ0v) is 14.6. The molecular weight excluding hydrogens is 367 g/mol. The summed E-state index contributed by atoms with van der Waals surface area (Å²) in [6, 6.07) is 15.3. The third-order valence-corrected chi connectivity index (χ3v) is 3.90. The second kappa shape index (κ2) is 7.96. The van der Waals surface area contributed by atoms with Gasteiger partial charge in [0, 0.05) is 23.1 Å². The van der Waals surface area contributed by atoms with E-state index in [4.69, 9.17) is 0 Å². The normalized spacial score (nSPS) is 11.0. The molecule has 0 aliphatic rings. The summed E-state index contributed by atoms with van der Waals surface area (Å²) in [5.74, 6) is -0.369. The van der Waals surface area contributed by atoms with E-state index >= 15 is 0 Å². The Kier molecular flexibility index (Phi) is 5.44. The van der Waals surface area contributed by atoms with Crippen molar-refractivity contribution in [1.29, 1.82) is 0 Å². The first kappa shape index (κ1) is 19.2. The average Bonchev–Trinajstić information content (AvgIpc) is 2.68. The lowest BCUT2D eigenvalue weighted by Crippen LogP contribution is -2.08. The van der Waals surface area contributed by atoms with Gasteiger partial charge in [0.05, 0.1) is 16.9 Å². The molecule has 0 unspecified atom stereocenters. The molecule has 0 bridgehead atoms. The smallest absolute Gasteiger partial charge is 0.355 e. The van der Waals surface area contributed by atoms with E-state index in [1.165, 1.54) is 12.1 Å². The average molecular weight is 383 g/mol. The predicted octanol–water partition coefficient (Wildman–Crippen LogP) is 5.64. The lowest BCUT2D eigenvalue weighted by Gasteiger charge is -2.15. The van der Waals surface area contributed by atoms with Crippen molar-refractivity contribution in [3.63, 3.8) is 0 Å². The fraction of sp³-hybridized carbons (Fsp3) is 0.0476. The van der Waals surface area contributed by atoms with E-state index in [-0.39, 0.29) is 5.91 Å². The highest BCUT2D eigenvalue weighted by Gasteiger charge is 2.29. The fourth-order valence-electron chi connectivity index (χ4n) is 2.56. The first-order valence-corrected chi connectivity index (χ1v) is 8.30. The number of alkyl halides is 3. The molecule has 0 aliphatic carbocycles. The van der Waals surface area contributed by atoms with Crippen LogP contribution < -0.4 is 10.6 Å². The molecule has 1 heterocycles. The fourth-order valence-corrected chi connectivity index (χ4v) is 2.56. The summed E-state index contributed by atoms with van der Waals surface area (Å²) >= 11 is 0. The van der Waals surface area contributed by atoms with E-state index in [9.17, 15) is 18.0 Å². The first-order chi connectivity index (χ1) is 13.4. The quantitative estimate of drug-likeness (QED) is 0.561. The number of hydrogen-bond acceptors (Lipinski definition) is 3. The van der Waals surface area contributed by atoms with Crippen LogP contribution in [0.3, 0.4) is 0 Å². The Bertz CT molecular complexity index is 984. The van der Waals surface area contributed by atoms with Crippen molar-refractivity contribution in [2.75, 3.05) is 10.6 Å². The number of rotatable bonds is 5. The molecule has 0 saturated carbocycles. The highest BCUT2D eigenvalue weighted by Crippen LogP contribution is 2.34. The lowest BCUT2D eigenvalue weighted by molar-refractivity contribution is -0.137. The second-order valence-corrected chi connectivity index (χ2v) is 5.87. The number of pyridine rings is 1. The molecule has 3 rings (SSSR count). The number of aromatic nitrogens is 1. The van der Waals surface area contributed by atoms with Crippen molar-refractivity contribution >= 4 is 23.0 Å². The summed E-state index contributed by atoms with van der Waals surface area (Å²) < 4.78 is 38.3. The Hall–Kier alpha value is -3.61. The van der Waals surface area contributed by atoms with Crippen molar-refractivity contribution in [2.45, 2.75) is 6.18 Å². The van der Waals surface area contributed by atoms with Gasteiger partial charge in [0.15, 0.2) is 0 Å². The van der Waals surface area contributed by atoms with Crippen LogP contribution in [0.2, 0.25) is 0 Å². The summed E-state index contributed by atoms with van der Waals surface area (Å²) in [7, 11) is 0. The molecule has 7 heteroatoms. The Morgan fingerprint density at radius 3 is 2.32 bits per heavy atom. The topological polar surface area (TPSA) is 54.0 Å². The number of carbonyl (C=O) groups excluding carboxylic acids is 1. The molecule has 0 radical (unpaired) electrons. The van der Waals surface area contributed by atoms with Gasteiger partial charge in [-0.3, -0.25) is 9.78 Å². The zero-order valence-electron chi connectivity index (χ0n) is 14.6. The summed E-state index contributed by atoms with van der Waals surface area (Å²) in [5.41, 5.74) is 2.25. The first-order valence-electron chi connectivity index (χ1n) is 8.30. The number of hydrogen-bond donors (Lipinski definition) is 2. The van der Waals surface area contributed by atoms with Crippen molar-refractivity contribution in [3.8, 4) is 11.3 Å². The molecule has 0 spiro atoms. The standard InChI is InChI=1S/C21H16F3N3O/c1-2-20(28)27-16-10-11-17(18-5-3-4-12-25-18)19(13-16)26-15-8-6-14(7-9-15)21(22,23)24/h2-13,26H,1H2,(H,27,28). The molecule has 1 amide bonds. The maximum Gasteiger partial charge on any atom is 0.416 e. The second-order valence-electron chi connectivity index (χ2n) is 5.87. The lowest BCUT2D eigenvalue weighted by atomic mass is 10.1. The van der Waals surface area contributed by atoms with Crippen molar-refractivity contribution < 1.29 is 18.0 Å². The third kappa shape index (κ3) is 4.56. The van der Waals surface area contributed by atoms with E-state index in [0.29, 0.717) is 22.8 Å². The van der Waals surface area contributed by atoms with Crippen LogP contribution in [-0.2, 0) is 11.0 Å². The summed E-state index contributed by atoms with van der Waals surface area (Å²) in [5, 5.41) is 5.76. The van der Waals surface area contributed by atoms with Gasteiger partial charge in [-0.15, -0.1) is 0 Å². The molecular formula is C21H16F3N3O. The molecule has 0 atom stereocenters. The maximum atomic E-state index is 12.8. The van der Waals surface area contributed by atoms with Gasteiger partial charge in [-0.1, -0.05) is 12.6 Å². The Morgan fingerprint density at radius 2 is 1.71 bits per heavy atom. The van der Waals surface area contributed by atoms with Gasteiger partial charge >= 0.3 is 6.18 Å². The van der Waals surface area contributed by atoms with Crippen LogP contribution in [0.1, 0.15) is 5.56 Å². The number of anilines is 3. The predicted molar refractivity (Wildman–Crippen MR) is 103 cm³/mol. The molecule has 0 aliphatic heterocycles. The minimum absolute atomic E-state index is 0.369. The van der Waals surface area contributed by atoms with E-state index in [2.05, 4.69) is 22.2 Å². The van der Waals surface area contributed by atoms with Gasteiger partial charge in [-0.25, -0.2) is 0 Å². The highest BCUT2D eigenvalue weighted by molar-refractivity contribution is 5.99. The minimum Gasteiger partial charge on any atom is -0.355 e. The van der Waals surface area contributed by atoms with E-state index in [1.807, 2.05) is 12.1 Å². The molecule has 1 aromatic heterocycles.